The molecule has 1 aromatic rings. The summed E-state index contributed by atoms with van der Waals surface area (Å²) in [5.74, 6) is -0.0425. The first-order valence-electron chi connectivity index (χ1n) is 4.99. The first-order chi connectivity index (χ1) is 8.08. The van der Waals surface area contributed by atoms with Crippen molar-refractivity contribution < 1.29 is 19.4 Å². The number of carbonyl (C=O) groups is 1. The van der Waals surface area contributed by atoms with Gasteiger partial charge < -0.3 is 14.6 Å². The fraction of sp³-hybridized carbons (Fsp3) is 0.250. The Hall–Kier alpha value is -1.49. The zero-order valence-electron chi connectivity index (χ0n) is 9.57. The molecule has 1 rings (SSSR count). The second-order valence-corrected chi connectivity index (χ2v) is 3.99. The van der Waals surface area contributed by atoms with E-state index in [0.29, 0.717) is 22.4 Å². The largest absolute Gasteiger partial charge is 0.504 e. The van der Waals surface area contributed by atoms with Gasteiger partial charge in [0.05, 0.1) is 13.7 Å². The van der Waals surface area contributed by atoms with Crippen LogP contribution < -0.4 is 4.74 Å². The molecule has 0 fully saturated rings. The summed E-state index contributed by atoms with van der Waals surface area (Å²) in [5.41, 5.74) is 0.663. The van der Waals surface area contributed by atoms with Gasteiger partial charge in [0.15, 0.2) is 11.5 Å². The highest BCUT2D eigenvalue weighted by Gasteiger charge is 2.06. The van der Waals surface area contributed by atoms with Gasteiger partial charge in [-0.2, -0.15) is 0 Å². The minimum absolute atomic E-state index is 0.0132. The summed E-state index contributed by atoms with van der Waals surface area (Å²) in [6.45, 7) is 2.07. The third-order valence-electron chi connectivity index (χ3n) is 1.98. The first-order valence-corrected chi connectivity index (χ1v) is 5.79. The maximum absolute atomic E-state index is 11.1. The number of aromatic hydroxyl groups is 1. The monoisotopic (exact) mass is 300 g/mol. The molecule has 0 bridgehead atoms. The predicted molar refractivity (Wildman–Crippen MR) is 68.0 cm³/mol. The molecule has 1 N–H and O–H groups in total. The number of phenolic OH excluding ortho intramolecular Hbond substituents is 1. The van der Waals surface area contributed by atoms with Gasteiger partial charge in [0.2, 0.25) is 0 Å². The highest BCUT2D eigenvalue weighted by Crippen LogP contribution is 2.32. The van der Waals surface area contributed by atoms with Crippen LogP contribution in [0.2, 0.25) is 0 Å². The van der Waals surface area contributed by atoms with Gasteiger partial charge in [-0.25, -0.2) is 4.79 Å². The lowest BCUT2D eigenvalue weighted by atomic mass is 10.2. The second-order valence-electron chi connectivity index (χ2n) is 3.13. The molecule has 0 saturated carbocycles. The smallest absolute Gasteiger partial charge is 0.330 e. The molecular weight excluding hydrogens is 288 g/mol. The molecule has 0 aliphatic heterocycles. The van der Waals surface area contributed by atoms with Crippen molar-refractivity contribution in [3.8, 4) is 11.5 Å². The summed E-state index contributed by atoms with van der Waals surface area (Å²) in [7, 11) is 1.47. The molecule has 0 aliphatic rings. The van der Waals surface area contributed by atoms with E-state index in [4.69, 9.17) is 9.47 Å². The van der Waals surface area contributed by atoms with Crippen molar-refractivity contribution in [1.29, 1.82) is 0 Å². The van der Waals surface area contributed by atoms with Crippen LogP contribution in [-0.2, 0) is 9.53 Å². The molecule has 0 aromatic heterocycles. The second kappa shape index (κ2) is 6.30. The molecule has 92 valence electrons. The predicted octanol–water partition coefficient (Wildman–Crippen LogP) is 2.74. The summed E-state index contributed by atoms with van der Waals surface area (Å²) in [6, 6.07) is 3.12. The molecule has 0 heterocycles. The van der Waals surface area contributed by atoms with Crippen LogP contribution in [0.1, 0.15) is 12.5 Å². The average Bonchev–Trinajstić information content (AvgIpc) is 2.30. The zero-order valence-corrected chi connectivity index (χ0v) is 11.2. The van der Waals surface area contributed by atoms with Crippen LogP contribution in [0, 0.1) is 0 Å². The van der Waals surface area contributed by atoms with Crippen LogP contribution >= 0.6 is 15.9 Å². The van der Waals surface area contributed by atoms with E-state index < -0.39 is 5.97 Å². The van der Waals surface area contributed by atoms with Crippen LogP contribution in [-0.4, -0.2) is 24.8 Å². The van der Waals surface area contributed by atoms with Crippen LogP contribution in [0.5, 0.6) is 11.5 Å². The van der Waals surface area contributed by atoms with E-state index in [1.165, 1.54) is 19.3 Å². The Balaban J connectivity index is 2.92. The number of methoxy groups -OCH3 is 1. The molecule has 0 saturated heterocycles. The molecule has 0 amide bonds. The molecular formula is C12H13BrO4. The van der Waals surface area contributed by atoms with E-state index in [-0.39, 0.29) is 5.75 Å². The number of esters is 1. The van der Waals surface area contributed by atoms with Crippen molar-refractivity contribution in [2.75, 3.05) is 13.7 Å². The number of phenols is 1. The Morgan fingerprint density at radius 3 is 2.82 bits per heavy atom. The molecule has 0 atom stereocenters. The summed E-state index contributed by atoms with van der Waals surface area (Å²) in [5, 5.41) is 9.59. The highest BCUT2D eigenvalue weighted by atomic mass is 79.9. The Bertz CT molecular complexity index is 440. The van der Waals surface area contributed by atoms with Gasteiger partial charge in [-0.05, 0) is 30.7 Å². The van der Waals surface area contributed by atoms with Gasteiger partial charge in [0.25, 0.3) is 0 Å². The normalized spacial score (nSPS) is 10.5. The Labute approximate surface area is 108 Å². The van der Waals surface area contributed by atoms with Crippen molar-refractivity contribution >= 4 is 28.0 Å². The summed E-state index contributed by atoms with van der Waals surface area (Å²) in [6.07, 6.45) is 2.86. The maximum atomic E-state index is 11.1. The van der Waals surface area contributed by atoms with Gasteiger partial charge >= 0.3 is 5.97 Å². The van der Waals surface area contributed by atoms with E-state index >= 15 is 0 Å². The van der Waals surface area contributed by atoms with Gasteiger partial charge in [-0.15, -0.1) is 0 Å². The van der Waals surface area contributed by atoms with Gasteiger partial charge in [-0.1, -0.05) is 15.9 Å². The van der Waals surface area contributed by atoms with Crippen LogP contribution in [0.3, 0.4) is 0 Å². The van der Waals surface area contributed by atoms with E-state index in [2.05, 4.69) is 15.9 Å². The maximum Gasteiger partial charge on any atom is 0.330 e. The molecule has 0 spiro atoms. The summed E-state index contributed by atoms with van der Waals surface area (Å²) in [4.78, 5) is 11.1. The molecule has 5 heteroatoms. The standard InChI is InChI=1S/C12H13BrO4/c1-3-17-12(15)5-4-8-6-10(14)11(16-2)7-9(8)13/h4-7,14H,3H2,1-2H3. The van der Waals surface area contributed by atoms with E-state index in [1.807, 2.05) is 0 Å². The third kappa shape index (κ3) is 3.78. The fourth-order valence-electron chi connectivity index (χ4n) is 1.20. The Kier molecular flexibility index (Phi) is 5.03. The molecule has 0 unspecified atom stereocenters. The van der Waals surface area contributed by atoms with E-state index in [0.717, 1.165) is 0 Å². The third-order valence-corrected chi connectivity index (χ3v) is 2.67. The van der Waals surface area contributed by atoms with E-state index in [1.54, 1.807) is 19.1 Å². The number of hydrogen-bond donors (Lipinski definition) is 1. The fourth-order valence-corrected chi connectivity index (χ4v) is 1.65. The van der Waals surface area contributed by atoms with Crippen molar-refractivity contribution in [2.45, 2.75) is 6.92 Å². The minimum atomic E-state index is -0.422. The average molecular weight is 301 g/mol. The number of halogens is 1. The molecule has 17 heavy (non-hydrogen) atoms. The first kappa shape index (κ1) is 13.6. The van der Waals surface area contributed by atoms with Crippen molar-refractivity contribution in [3.63, 3.8) is 0 Å². The quantitative estimate of drug-likeness (QED) is 0.686. The Morgan fingerprint density at radius 1 is 1.53 bits per heavy atom. The number of rotatable bonds is 4. The van der Waals surface area contributed by atoms with Crippen LogP contribution in [0.25, 0.3) is 6.08 Å². The zero-order chi connectivity index (χ0) is 12.8. The lowest BCUT2D eigenvalue weighted by Gasteiger charge is -2.06. The van der Waals surface area contributed by atoms with Crippen LogP contribution in [0.4, 0.5) is 0 Å². The molecule has 1 aromatic carbocycles. The minimum Gasteiger partial charge on any atom is -0.504 e. The lowest BCUT2D eigenvalue weighted by molar-refractivity contribution is -0.137. The van der Waals surface area contributed by atoms with E-state index in [9.17, 15) is 9.90 Å². The SMILES string of the molecule is CCOC(=O)C=Cc1cc(O)c(OC)cc1Br. The van der Waals surface area contributed by atoms with Crippen molar-refractivity contribution in [2.24, 2.45) is 0 Å². The van der Waals surface area contributed by atoms with Gasteiger partial charge in [0.1, 0.15) is 0 Å². The topological polar surface area (TPSA) is 55.8 Å². The number of hydrogen-bond acceptors (Lipinski definition) is 4. The van der Waals surface area contributed by atoms with Crippen LogP contribution in [0.15, 0.2) is 22.7 Å². The highest BCUT2D eigenvalue weighted by molar-refractivity contribution is 9.10. The lowest BCUT2D eigenvalue weighted by Crippen LogP contribution is -1.98. The number of ether oxygens (including phenoxy) is 2. The van der Waals surface area contributed by atoms with Gasteiger partial charge in [-0.3, -0.25) is 0 Å². The summed E-state index contributed by atoms with van der Waals surface area (Å²) >= 11 is 3.32. The number of carbonyl (C=O) groups excluding carboxylic acids is 1. The van der Waals surface area contributed by atoms with Crippen molar-refractivity contribution in [1.82, 2.24) is 0 Å². The summed E-state index contributed by atoms with van der Waals surface area (Å²) < 4.78 is 10.4. The molecule has 4 nitrogen and oxygen atoms in total. The Morgan fingerprint density at radius 2 is 2.24 bits per heavy atom. The number of benzene rings is 1. The molecule has 0 radical (unpaired) electrons. The van der Waals surface area contributed by atoms with Crippen molar-refractivity contribution in [3.05, 3.63) is 28.2 Å². The molecule has 0 aliphatic carbocycles. The van der Waals surface area contributed by atoms with Gasteiger partial charge in [0, 0.05) is 10.5 Å².